The molecule has 3 aromatic rings. The lowest BCUT2D eigenvalue weighted by atomic mass is 9.94. The molecule has 1 aromatic heterocycles. The Bertz CT molecular complexity index is 1050. The van der Waals surface area contributed by atoms with Crippen molar-refractivity contribution in [1.82, 2.24) is 10.3 Å². The number of hydrogen-bond acceptors (Lipinski definition) is 3. The van der Waals surface area contributed by atoms with Crippen LogP contribution in [0.5, 0.6) is 5.75 Å². The second kappa shape index (κ2) is 8.24. The molecular formula is C25H28N2O2. The van der Waals surface area contributed by atoms with Crippen molar-refractivity contribution in [2.24, 2.45) is 0 Å². The molecule has 150 valence electrons. The Labute approximate surface area is 172 Å². The standard InChI is InChI=1S/C25H28N2O2/c1-16-12-17(2)24-21(13-16)22(25(28)26-19-9-5-4-6-10-19)15-23(27-24)18-8-7-11-20(14-18)29-3/h7-8,11-15,19H,4-6,9-10H2,1-3H3,(H,26,28). The van der Waals surface area contributed by atoms with E-state index >= 15 is 0 Å². The summed E-state index contributed by atoms with van der Waals surface area (Å²) in [6, 6.07) is 14.2. The van der Waals surface area contributed by atoms with Crippen LogP contribution in [0.3, 0.4) is 0 Å². The first-order valence-electron chi connectivity index (χ1n) is 10.4. The number of nitrogens with one attached hydrogen (secondary N) is 1. The summed E-state index contributed by atoms with van der Waals surface area (Å²) in [6.45, 7) is 4.12. The van der Waals surface area contributed by atoms with Gasteiger partial charge in [-0.3, -0.25) is 4.79 Å². The molecule has 0 radical (unpaired) electrons. The van der Waals surface area contributed by atoms with Crippen molar-refractivity contribution in [3.05, 3.63) is 59.2 Å². The Hall–Kier alpha value is -2.88. The Balaban J connectivity index is 1.83. The number of pyridine rings is 1. The third kappa shape index (κ3) is 4.12. The van der Waals surface area contributed by atoms with Crippen LogP contribution < -0.4 is 10.1 Å². The lowest BCUT2D eigenvalue weighted by molar-refractivity contribution is 0.0929. The van der Waals surface area contributed by atoms with Crippen LogP contribution >= 0.6 is 0 Å². The zero-order valence-electron chi connectivity index (χ0n) is 17.4. The van der Waals surface area contributed by atoms with Crippen molar-refractivity contribution in [2.75, 3.05) is 7.11 Å². The normalized spacial score (nSPS) is 14.7. The second-order valence-electron chi connectivity index (χ2n) is 8.07. The third-order valence-electron chi connectivity index (χ3n) is 5.80. The summed E-state index contributed by atoms with van der Waals surface area (Å²) in [5.74, 6) is 0.775. The summed E-state index contributed by atoms with van der Waals surface area (Å²) in [5.41, 5.74) is 5.53. The van der Waals surface area contributed by atoms with E-state index in [1.807, 2.05) is 30.3 Å². The topological polar surface area (TPSA) is 51.2 Å². The summed E-state index contributed by atoms with van der Waals surface area (Å²) >= 11 is 0. The lowest BCUT2D eigenvalue weighted by Crippen LogP contribution is -2.36. The van der Waals surface area contributed by atoms with Gasteiger partial charge in [0.05, 0.1) is 23.9 Å². The second-order valence-corrected chi connectivity index (χ2v) is 8.07. The van der Waals surface area contributed by atoms with Crippen molar-refractivity contribution in [3.63, 3.8) is 0 Å². The summed E-state index contributed by atoms with van der Waals surface area (Å²) in [6.07, 6.45) is 5.78. The quantitative estimate of drug-likeness (QED) is 0.634. The molecule has 0 spiro atoms. The van der Waals surface area contributed by atoms with E-state index in [1.165, 1.54) is 19.3 Å². The van der Waals surface area contributed by atoms with Crippen LogP contribution in [0.1, 0.15) is 53.6 Å². The fourth-order valence-corrected chi connectivity index (χ4v) is 4.31. The Morgan fingerprint density at radius 3 is 2.62 bits per heavy atom. The van der Waals surface area contributed by atoms with E-state index in [0.29, 0.717) is 5.56 Å². The molecule has 1 aliphatic carbocycles. The van der Waals surface area contributed by atoms with Crippen molar-refractivity contribution >= 4 is 16.8 Å². The van der Waals surface area contributed by atoms with Crippen LogP contribution in [0.15, 0.2) is 42.5 Å². The molecule has 1 fully saturated rings. The van der Waals surface area contributed by atoms with E-state index in [0.717, 1.165) is 51.9 Å². The zero-order chi connectivity index (χ0) is 20.4. The van der Waals surface area contributed by atoms with E-state index in [1.54, 1.807) is 7.11 Å². The molecule has 1 N–H and O–H groups in total. The fourth-order valence-electron chi connectivity index (χ4n) is 4.31. The summed E-state index contributed by atoms with van der Waals surface area (Å²) in [5, 5.41) is 4.19. The maximum absolute atomic E-state index is 13.3. The van der Waals surface area contributed by atoms with E-state index in [2.05, 4.69) is 31.3 Å². The number of fused-ring (bicyclic) bond motifs is 1. The number of aromatic nitrogens is 1. The molecule has 4 nitrogen and oxygen atoms in total. The first-order chi connectivity index (χ1) is 14.0. The van der Waals surface area contributed by atoms with E-state index in [9.17, 15) is 4.79 Å². The first kappa shape index (κ1) is 19.4. The van der Waals surface area contributed by atoms with Crippen molar-refractivity contribution in [2.45, 2.75) is 52.0 Å². The molecule has 4 heteroatoms. The van der Waals surface area contributed by atoms with Crippen LogP contribution in [0.4, 0.5) is 0 Å². The highest BCUT2D eigenvalue weighted by Crippen LogP contribution is 2.30. The Kier molecular flexibility index (Phi) is 5.52. The minimum Gasteiger partial charge on any atom is -0.497 e. The van der Waals surface area contributed by atoms with Gasteiger partial charge in [0, 0.05) is 17.0 Å². The van der Waals surface area contributed by atoms with Gasteiger partial charge in [0.2, 0.25) is 0 Å². The molecular weight excluding hydrogens is 360 g/mol. The lowest BCUT2D eigenvalue weighted by Gasteiger charge is -2.23. The number of rotatable bonds is 4. The number of carbonyl (C=O) groups is 1. The van der Waals surface area contributed by atoms with Gasteiger partial charge in [0.15, 0.2) is 0 Å². The van der Waals surface area contributed by atoms with Gasteiger partial charge in [-0.05, 0) is 56.5 Å². The molecule has 0 aliphatic heterocycles. The van der Waals surface area contributed by atoms with Gasteiger partial charge in [-0.1, -0.05) is 43.0 Å². The number of nitrogens with zero attached hydrogens (tertiary/aromatic N) is 1. The molecule has 0 bridgehead atoms. The van der Waals surface area contributed by atoms with Gasteiger partial charge in [-0.2, -0.15) is 0 Å². The molecule has 29 heavy (non-hydrogen) atoms. The number of benzene rings is 2. The average molecular weight is 389 g/mol. The van der Waals surface area contributed by atoms with Crippen molar-refractivity contribution in [3.8, 4) is 17.0 Å². The zero-order valence-corrected chi connectivity index (χ0v) is 17.4. The molecule has 1 amide bonds. The van der Waals surface area contributed by atoms with Gasteiger partial charge in [0.1, 0.15) is 5.75 Å². The smallest absolute Gasteiger partial charge is 0.252 e. The SMILES string of the molecule is COc1cccc(-c2cc(C(=O)NC3CCCCC3)c3cc(C)cc(C)c3n2)c1. The van der Waals surface area contributed by atoms with Crippen LogP contribution in [0, 0.1) is 13.8 Å². The maximum Gasteiger partial charge on any atom is 0.252 e. The Morgan fingerprint density at radius 1 is 1.07 bits per heavy atom. The number of methoxy groups -OCH3 is 1. The molecule has 1 heterocycles. The molecule has 1 saturated carbocycles. The van der Waals surface area contributed by atoms with Crippen LogP contribution in [0.25, 0.3) is 22.2 Å². The number of carbonyl (C=O) groups excluding carboxylic acids is 1. The van der Waals surface area contributed by atoms with Crippen LogP contribution in [-0.2, 0) is 0 Å². The van der Waals surface area contributed by atoms with Crippen LogP contribution in [0.2, 0.25) is 0 Å². The first-order valence-corrected chi connectivity index (χ1v) is 10.4. The number of ether oxygens (including phenoxy) is 1. The van der Waals surface area contributed by atoms with Crippen molar-refractivity contribution < 1.29 is 9.53 Å². The predicted molar refractivity (Wildman–Crippen MR) is 118 cm³/mol. The van der Waals surface area contributed by atoms with Gasteiger partial charge >= 0.3 is 0 Å². The molecule has 1 aliphatic rings. The highest BCUT2D eigenvalue weighted by atomic mass is 16.5. The molecule has 2 aromatic carbocycles. The Morgan fingerprint density at radius 2 is 1.86 bits per heavy atom. The number of hydrogen-bond donors (Lipinski definition) is 1. The predicted octanol–water partition coefficient (Wildman–Crippen LogP) is 5.59. The fraction of sp³-hybridized carbons (Fsp3) is 0.360. The minimum absolute atomic E-state index is 0.00144. The highest BCUT2D eigenvalue weighted by molar-refractivity contribution is 6.08. The number of amides is 1. The average Bonchev–Trinajstić information content (AvgIpc) is 2.74. The number of aryl methyl sites for hydroxylation is 2. The van der Waals surface area contributed by atoms with E-state index in [4.69, 9.17) is 9.72 Å². The van der Waals surface area contributed by atoms with Gasteiger partial charge in [-0.25, -0.2) is 4.98 Å². The molecule has 0 atom stereocenters. The van der Waals surface area contributed by atoms with Crippen LogP contribution in [-0.4, -0.2) is 24.0 Å². The largest absolute Gasteiger partial charge is 0.497 e. The summed E-state index contributed by atoms with van der Waals surface area (Å²) in [7, 11) is 1.66. The van der Waals surface area contributed by atoms with E-state index in [-0.39, 0.29) is 11.9 Å². The summed E-state index contributed by atoms with van der Waals surface area (Å²) < 4.78 is 5.37. The third-order valence-corrected chi connectivity index (χ3v) is 5.80. The highest BCUT2D eigenvalue weighted by Gasteiger charge is 2.20. The summed E-state index contributed by atoms with van der Waals surface area (Å²) in [4.78, 5) is 18.2. The van der Waals surface area contributed by atoms with Gasteiger partial charge in [0.25, 0.3) is 5.91 Å². The van der Waals surface area contributed by atoms with E-state index < -0.39 is 0 Å². The monoisotopic (exact) mass is 388 g/mol. The van der Waals surface area contributed by atoms with Crippen molar-refractivity contribution in [1.29, 1.82) is 0 Å². The van der Waals surface area contributed by atoms with Gasteiger partial charge < -0.3 is 10.1 Å². The van der Waals surface area contributed by atoms with Gasteiger partial charge in [-0.15, -0.1) is 0 Å². The molecule has 4 rings (SSSR count). The maximum atomic E-state index is 13.3. The molecule has 0 saturated heterocycles. The minimum atomic E-state index is -0.00144. The molecule has 0 unspecified atom stereocenters.